The number of aryl methyl sites for hydroxylation is 6. The van der Waals surface area contributed by atoms with Gasteiger partial charge in [0.05, 0.1) is 61.4 Å². The van der Waals surface area contributed by atoms with Crippen LogP contribution in [0.4, 0.5) is 18.4 Å². The maximum Gasteiger partial charge on any atom is 0.408 e. The van der Waals surface area contributed by atoms with Crippen molar-refractivity contribution in [3.8, 4) is 34.4 Å². The van der Waals surface area contributed by atoms with Crippen molar-refractivity contribution in [3.63, 3.8) is 0 Å². The number of nitrogens with zero attached hydrogens (tertiary/aromatic N) is 2. The molecule has 0 radical (unpaired) electrons. The summed E-state index contributed by atoms with van der Waals surface area (Å²) in [7, 11) is 0. The maximum absolute atomic E-state index is 15.3. The van der Waals surface area contributed by atoms with Gasteiger partial charge in [0.1, 0.15) is 22.8 Å². The number of alkyl carbamates (subject to hydrolysis) is 2. The number of benzene rings is 4. The van der Waals surface area contributed by atoms with Crippen molar-refractivity contribution in [1.29, 1.82) is 10.5 Å². The third-order valence-electron chi connectivity index (χ3n) is 9.95. The average Bonchev–Trinajstić information content (AvgIpc) is 3.18. The highest BCUT2D eigenvalue weighted by Crippen LogP contribution is 2.36. The van der Waals surface area contributed by atoms with Gasteiger partial charge in [-0.2, -0.15) is 24.0 Å². The van der Waals surface area contributed by atoms with Gasteiger partial charge in [-0.3, -0.25) is 9.59 Å². The predicted octanol–water partition coefficient (Wildman–Crippen LogP) is 11.7. The zero-order valence-corrected chi connectivity index (χ0v) is 42.0. The van der Waals surface area contributed by atoms with Gasteiger partial charge in [-0.05, 0) is 201 Å². The molecule has 2 N–H and O–H groups in total. The molecular weight excluding hydrogens is 879 g/mol. The molecule has 360 valence electrons. The molecule has 0 bridgehead atoms. The van der Waals surface area contributed by atoms with Gasteiger partial charge in [-0.15, -0.1) is 0 Å². The highest BCUT2D eigenvalue weighted by atomic mass is 32.1. The highest BCUT2D eigenvalue weighted by molar-refractivity contribution is 7.59. The molecule has 0 saturated heterocycles. The van der Waals surface area contributed by atoms with Gasteiger partial charge in [0.15, 0.2) is 0 Å². The van der Waals surface area contributed by atoms with Gasteiger partial charge in [-0.1, -0.05) is 0 Å². The smallest absolute Gasteiger partial charge is 0.408 e. The van der Waals surface area contributed by atoms with Gasteiger partial charge >= 0.3 is 24.1 Å². The molecule has 0 aliphatic rings. The van der Waals surface area contributed by atoms with E-state index in [2.05, 4.69) is 22.8 Å². The van der Waals surface area contributed by atoms with E-state index in [1.165, 1.54) is 0 Å². The van der Waals surface area contributed by atoms with Crippen molar-refractivity contribution < 1.29 is 46.9 Å². The third-order valence-corrected chi connectivity index (χ3v) is 9.95. The van der Waals surface area contributed by atoms with Gasteiger partial charge in [0.25, 0.3) is 0 Å². The molecule has 4 aromatic rings. The molecule has 0 aromatic heterocycles. The predicted molar refractivity (Wildman–Crippen MR) is 259 cm³/mol. The zero-order chi connectivity index (χ0) is 49.8. The third kappa shape index (κ3) is 16.4. The molecule has 4 aromatic carbocycles. The number of hydrogen-bond donors (Lipinski definition) is 2. The van der Waals surface area contributed by atoms with Crippen LogP contribution in [-0.2, 0) is 28.5 Å². The lowest BCUT2D eigenvalue weighted by Crippen LogP contribution is -2.36. The number of amides is 2. The second-order valence-electron chi connectivity index (χ2n) is 18.0. The van der Waals surface area contributed by atoms with Crippen LogP contribution in [0, 0.1) is 75.8 Å². The van der Waals surface area contributed by atoms with E-state index < -0.39 is 59.0 Å². The summed E-state index contributed by atoms with van der Waals surface area (Å²) in [6, 6.07) is 16.1. The fourth-order valence-electron chi connectivity index (χ4n) is 7.51. The molecule has 67 heavy (non-hydrogen) atoms. The van der Waals surface area contributed by atoms with E-state index in [4.69, 9.17) is 18.9 Å². The molecule has 15 heteroatoms. The van der Waals surface area contributed by atoms with Crippen LogP contribution in [0.1, 0.15) is 136 Å². The maximum atomic E-state index is 15.3. The first-order valence-corrected chi connectivity index (χ1v) is 21.7. The summed E-state index contributed by atoms with van der Waals surface area (Å²) >= 11 is 0. The van der Waals surface area contributed by atoms with Crippen molar-refractivity contribution in [2.45, 2.75) is 133 Å². The van der Waals surface area contributed by atoms with E-state index >= 15 is 8.78 Å². The van der Waals surface area contributed by atoms with E-state index in [0.717, 1.165) is 44.5 Å². The second-order valence-corrected chi connectivity index (χ2v) is 18.0. The first kappa shape index (κ1) is 56.7. The minimum Gasteiger partial charge on any atom is -0.466 e. The largest absolute Gasteiger partial charge is 0.466 e. The molecule has 0 heterocycles. The summed E-state index contributed by atoms with van der Waals surface area (Å²) in [5.74, 6) is -2.17. The molecule has 12 nitrogen and oxygen atoms in total. The van der Waals surface area contributed by atoms with Crippen molar-refractivity contribution in [2.75, 3.05) is 13.2 Å². The Kier molecular flexibility index (Phi) is 20.6. The Bertz CT molecular complexity index is 2330. The minimum absolute atomic E-state index is 0. The lowest BCUT2D eigenvalue weighted by Gasteiger charge is -2.25. The first-order valence-electron chi connectivity index (χ1n) is 21.7. The van der Waals surface area contributed by atoms with E-state index in [1.54, 1.807) is 118 Å². The monoisotopic (exact) mass is 942 g/mol. The van der Waals surface area contributed by atoms with Gasteiger partial charge < -0.3 is 29.6 Å². The van der Waals surface area contributed by atoms with Crippen LogP contribution in [0.3, 0.4) is 0 Å². The number of hydrogen-bond acceptors (Lipinski definition) is 10. The van der Waals surface area contributed by atoms with Crippen molar-refractivity contribution in [2.24, 2.45) is 0 Å². The fourth-order valence-corrected chi connectivity index (χ4v) is 7.51. The van der Waals surface area contributed by atoms with Crippen molar-refractivity contribution in [1.82, 2.24) is 10.6 Å². The van der Waals surface area contributed by atoms with Gasteiger partial charge in [0, 0.05) is 11.1 Å². The summed E-state index contributed by atoms with van der Waals surface area (Å²) < 4.78 is 51.3. The Morgan fingerprint density at radius 3 is 1.10 bits per heavy atom. The van der Waals surface area contributed by atoms with Crippen LogP contribution in [0.25, 0.3) is 22.3 Å². The number of ether oxygens (including phenoxy) is 4. The van der Waals surface area contributed by atoms with E-state index in [-0.39, 0.29) is 50.7 Å². The van der Waals surface area contributed by atoms with Gasteiger partial charge in [-0.25, -0.2) is 18.4 Å². The number of halogens is 2. The standard InChI is InChI=1S/2C26H31FN2O4.H2S/c2*1-8-32-22(30)13-21(29-25(31)33-26(5,6)7)20-12-19(11-17(4)24(20)27)23-15(2)9-18(14-28)10-16(23)3;/h2*9-12,21H,8,13H2,1-7H3,(H,29,31);1H2/t2*21-;/m00./s1. The number of nitriles is 2. The SMILES string of the molecule is CCOC(=O)C[C@H](NC(=O)OC(C)(C)C)c1cc(-c2c(C)cc(C#N)cc2C)cc(C)c1F.CCOC(=O)C[C@H](NC(=O)OC(C)(C)C)c1cc(-c2c(C)cc(C#N)cc2C)cc(C)c1F.S. The molecule has 0 saturated carbocycles. The highest BCUT2D eigenvalue weighted by Gasteiger charge is 2.29. The summed E-state index contributed by atoms with van der Waals surface area (Å²) in [4.78, 5) is 49.5. The molecule has 0 fully saturated rings. The molecule has 2 atom stereocenters. The number of carbonyl (C=O) groups is 4. The number of esters is 2. The summed E-state index contributed by atoms with van der Waals surface area (Å²) in [6.45, 7) is 24.8. The van der Waals surface area contributed by atoms with Crippen molar-refractivity contribution in [3.05, 3.63) is 116 Å². The normalized spacial score (nSPS) is 11.8. The van der Waals surface area contributed by atoms with Crippen LogP contribution >= 0.6 is 13.5 Å². The van der Waals surface area contributed by atoms with Crippen LogP contribution in [0.15, 0.2) is 48.5 Å². The summed E-state index contributed by atoms with van der Waals surface area (Å²) in [6.07, 6.45) is -2.02. The number of carbonyl (C=O) groups excluding carboxylic acids is 4. The summed E-state index contributed by atoms with van der Waals surface area (Å²) in [5, 5.41) is 23.7. The van der Waals surface area contributed by atoms with Crippen LogP contribution in [-0.4, -0.2) is 48.5 Å². The Hall–Kier alpha value is -6.45. The molecular formula is C52H64F2N4O8S. The Labute approximate surface area is 400 Å². The van der Waals surface area contributed by atoms with Crippen LogP contribution in [0.5, 0.6) is 0 Å². The molecule has 0 unspecified atom stereocenters. The lowest BCUT2D eigenvalue weighted by molar-refractivity contribution is -0.144. The van der Waals surface area contributed by atoms with Crippen molar-refractivity contribution >= 4 is 37.6 Å². The quantitative estimate of drug-likeness (QED) is 0.103. The first-order chi connectivity index (χ1) is 30.7. The van der Waals surface area contributed by atoms with E-state index in [9.17, 15) is 29.7 Å². The molecule has 0 aliphatic heterocycles. The Morgan fingerprint density at radius 2 is 0.851 bits per heavy atom. The molecule has 2 amide bonds. The fraction of sp³-hybridized carbons (Fsp3) is 0.423. The number of nitrogens with one attached hydrogen (secondary N) is 2. The molecule has 4 rings (SSSR count). The van der Waals surface area contributed by atoms with Crippen LogP contribution < -0.4 is 10.6 Å². The summed E-state index contributed by atoms with van der Waals surface area (Å²) in [5.41, 5.74) is 7.26. The second kappa shape index (κ2) is 24.4. The Morgan fingerprint density at radius 1 is 0.552 bits per heavy atom. The topological polar surface area (TPSA) is 177 Å². The van der Waals surface area contributed by atoms with E-state index in [1.807, 2.05) is 27.7 Å². The minimum atomic E-state index is -0.989. The molecule has 0 spiro atoms. The van der Waals surface area contributed by atoms with E-state index in [0.29, 0.717) is 22.3 Å². The van der Waals surface area contributed by atoms with Gasteiger partial charge in [0.2, 0.25) is 0 Å². The lowest BCUT2D eigenvalue weighted by atomic mass is 9.89. The van der Waals surface area contributed by atoms with Crippen LogP contribution in [0.2, 0.25) is 0 Å². The number of rotatable bonds is 12. The molecule has 0 aliphatic carbocycles. The average molecular weight is 943 g/mol. The zero-order valence-electron chi connectivity index (χ0n) is 41.0. The Balaban J connectivity index is 0.000000453.